The van der Waals surface area contributed by atoms with Crippen molar-refractivity contribution in [3.05, 3.63) is 52.0 Å². The maximum Gasteiger partial charge on any atom is 0.269 e. The molecule has 0 saturated heterocycles. The molecule has 100 valence electrons. The molecular weight excluding hydrogens is 290 g/mol. The number of nitro benzene ring substituents is 1. The maximum absolute atomic E-state index is 10.6. The molecule has 2 rings (SSSR count). The number of carbonyl (C=O) groups is 1. The normalized spacial score (nSPS) is 9.11. The quantitative estimate of drug-likeness (QED) is 0.536. The first-order valence-electron chi connectivity index (χ1n) is 5.08. The molecule has 19 heavy (non-hydrogen) atoms. The van der Waals surface area contributed by atoms with Crippen LogP contribution in [0.2, 0.25) is 0 Å². The highest BCUT2D eigenvalue weighted by molar-refractivity contribution is 7.13. The van der Waals surface area contributed by atoms with E-state index < -0.39 is 4.92 Å². The third kappa shape index (κ3) is 5.94. The second kappa shape index (κ2) is 8.17. The summed E-state index contributed by atoms with van der Waals surface area (Å²) in [4.78, 5) is 24.0. The van der Waals surface area contributed by atoms with Crippen LogP contribution in [-0.4, -0.2) is 21.7 Å². The number of halogens is 1. The number of benzene rings is 1. The molecule has 2 aromatic rings. The van der Waals surface area contributed by atoms with Gasteiger partial charge in [-0.15, -0.1) is 22.9 Å². The van der Waals surface area contributed by atoms with Gasteiger partial charge in [0.2, 0.25) is 5.91 Å². The Morgan fingerprint density at radius 2 is 2.11 bits per heavy atom. The Labute approximate surface area is 118 Å². The van der Waals surface area contributed by atoms with Crippen LogP contribution in [0, 0.1) is 10.1 Å². The van der Waals surface area contributed by atoms with Crippen LogP contribution < -0.4 is 5.32 Å². The SMILES string of the molecule is O=C(CCl)Nc1nccs1.O=[N+]([O-])c1ccccc1. The first-order valence-corrected chi connectivity index (χ1v) is 6.49. The minimum atomic E-state index is -0.417. The molecule has 0 unspecified atom stereocenters. The topological polar surface area (TPSA) is 85.1 Å². The number of rotatable bonds is 3. The lowest BCUT2D eigenvalue weighted by Crippen LogP contribution is -2.11. The first-order chi connectivity index (χ1) is 9.13. The molecule has 0 atom stereocenters. The average Bonchev–Trinajstić information content (AvgIpc) is 2.93. The Kier molecular flexibility index (Phi) is 6.48. The number of nitrogens with zero attached hydrogens (tertiary/aromatic N) is 2. The van der Waals surface area contributed by atoms with Gasteiger partial charge in [0.25, 0.3) is 5.69 Å². The van der Waals surface area contributed by atoms with Crippen molar-refractivity contribution in [2.45, 2.75) is 0 Å². The van der Waals surface area contributed by atoms with E-state index in [1.807, 2.05) is 0 Å². The van der Waals surface area contributed by atoms with Crippen molar-refractivity contribution in [1.29, 1.82) is 0 Å². The van der Waals surface area contributed by atoms with Gasteiger partial charge in [-0.05, 0) is 0 Å². The number of aromatic nitrogens is 1. The molecule has 0 aliphatic carbocycles. The Morgan fingerprint density at radius 3 is 2.53 bits per heavy atom. The third-order valence-corrected chi connectivity index (χ3v) is 2.70. The predicted octanol–water partition coefficient (Wildman–Crippen LogP) is 2.92. The summed E-state index contributed by atoms with van der Waals surface area (Å²) in [5.74, 6) is -0.254. The van der Waals surface area contributed by atoms with Crippen LogP contribution in [0.25, 0.3) is 0 Å². The van der Waals surface area contributed by atoms with E-state index in [0.717, 1.165) is 0 Å². The van der Waals surface area contributed by atoms with E-state index in [2.05, 4.69) is 10.3 Å². The van der Waals surface area contributed by atoms with Gasteiger partial charge in [0.15, 0.2) is 5.13 Å². The van der Waals surface area contributed by atoms with E-state index in [0.29, 0.717) is 5.13 Å². The molecule has 1 N–H and O–H groups in total. The number of alkyl halides is 1. The van der Waals surface area contributed by atoms with Crippen molar-refractivity contribution in [2.24, 2.45) is 0 Å². The Bertz CT molecular complexity index is 519. The maximum atomic E-state index is 10.6. The van der Waals surface area contributed by atoms with Gasteiger partial charge in [-0.25, -0.2) is 4.98 Å². The largest absolute Gasteiger partial charge is 0.301 e. The molecule has 1 heterocycles. The average molecular weight is 300 g/mol. The monoisotopic (exact) mass is 299 g/mol. The summed E-state index contributed by atoms with van der Waals surface area (Å²) in [5.41, 5.74) is 0.137. The number of hydrogen-bond donors (Lipinski definition) is 1. The summed E-state index contributed by atoms with van der Waals surface area (Å²) in [6.45, 7) is 0. The third-order valence-electron chi connectivity index (χ3n) is 1.77. The van der Waals surface area contributed by atoms with Gasteiger partial charge in [0.05, 0.1) is 4.92 Å². The standard InChI is InChI=1S/C6H5NO2.C5H5ClN2OS/c8-7(9)6-4-2-1-3-5-6;6-3-4(9)8-5-7-1-2-10-5/h1-5H;1-2H,3H2,(H,7,8,9). The van der Waals surface area contributed by atoms with E-state index in [1.165, 1.54) is 23.5 Å². The highest BCUT2D eigenvalue weighted by Crippen LogP contribution is 2.09. The van der Waals surface area contributed by atoms with E-state index in [4.69, 9.17) is 11.6 Å². The molecule has 0 radical (unpaired) electrons. The molecule has 0 aliphatic rings. The number of hydrogen-bond acceptors (Lipinski definition) is 5. The fourth-order valence-electron chi connectivity index (χ4n) is 0.988. The van der Waals surface area contributed by atoms with Gasteiger partial charge in [-0.1, -0.05) is 18.2 Å². The van der Waals surface area contributed by atoms with Crippen molar-refractivity contribution in [2.75, 3.05) is 11.2 Å². The van der Waals surface area contributed by atoms with Gasteiger partial charge in [-0.3, -0.25) is 14.9 Å². The minimum Gasteiger partial charge on any atom is -0.301 e. The highest BCUT2D eigenvalue weighted by Gasteiger charge is 1.99. The van der Waals surface area contributed by atoms with E-state index in [9.17, 15) is 14.9 Å². The van der Waals surface area contributed by atoms with Crippen LogP contribution in [-0.2, 0) is 4.79 Å². The van der Waals surface area contributed by atoms with Crippen LogP contribution in [0.3, 0.4) is 0 Å². The Morgan fingerprint density at radius 1 is 1.42 bits per heavy atom. The fourth-order valence-corrected chi connectivity index (χ4v) is 1.60. The summed E-state index contributed by atoms with van der Waals surface area (Å²) < 4.78 is 0. The molecule has 0 saturated carbocycles. The highest BCUT2D eigenvalue weighted by atomic mass is 35.5. The molecule has 0 bridgehead atoms. The summed E-state index contributed by atoms with van der Waals surface area (Å²) in [6, 6.07) is 7.93. The molecule has 1 aromatic heterocycles. The lowest BCUT2D eigenvalue weighted by atomic mass is 10.3. The van der Waals surface area contributed by atoms with Crippen molar-refractivity contribution in [3.8, 4) is 0 Å². The molecule has 0 spiro atoms. The lowest BCUT2D eigenvalue weighted by Gasteiger charge is -1.93. The van der Waals surface area contributed by atoms with Crippen molar-refractivity contribution in [1.82, 2.24) is 4.98 Å². The number of nitrogens with one attached hydrogen (secondary N) is 1. The summed E-state index contributed by atoms with van der Waals surface area (Å²) in [5, 5.41) is 14.9. The summed E-state index contributed by atoms with van der Waals surface area (Å²) in [6.07, 6.45) is 1.62. The molecule has 0 aliphatic heterocycles. The van der Waals surface area contributed by atoms with Crippen molar-refractivity contribution < 1.29 is 9.72 Å². The van der Waals surface area contributed by atoms with Crippen molar-refractivity contribution in [3.63, 3.8) is 0 Å². The Hall–Kier alpha value is -1.99. The summed E-state index contributed by atoms with van der Waals surface area (Å²) >= 11 is 6.60. The molecule has 8 heteroatoms. The zero-order valence-corrected chi connectivity index (χ0v) is 11.2. The predicted molar refractivity (Wildman–Crippen MR) is 74.6 cm³/mol. The summed E-state index contributed by atoms with van der Waals surface area (Å²) in [7, 11) is 0. The molecule has 0 fully saturated rings. The number of nitro groups is 1. The van der Waals surface area contributed by atoms with E-state index in [1.54, 1.807) is 29.8 Å². The molecular formula is C11H10ClN3O3S. The van der Waals surface area contributed by atoms with Gasteiger partial charge >= 0.3 is 0 Å². The number of carbonyl (C=O) groups excluding carboxylic acids is 1. The number of non-ortho nitro benzene ring substituents is 1. The van der Waals surface area contributed by atoms with Crippen LogP contribution in [0.5, 0.6) is 0 Å². The second-order valence-corrected chi connectivity index (χ2v) is 4.27. The van der Waals surface area contributed by atoms with Crippen LogP contribution >= 0.6 is 22.9 Å². The van der Waals surface area contributed by atoms with Gasteiger partial charge in [-0.2, -0.15) is 0 Å². The number of para-hydroxylation sites is 1. The number of thiazole rings is 1. The van der Waals surface area contributed by atoms with Crippen molar-refractivity contribution >= 4 is 39.7 Å². The number of amides is 1. The zero-order valence-electron chi connectivity index (χ0n) is 9.65. The molecule has 1 amide bonds. The van der Waals surface area contributed by atoms with Crippen LogP contribution in [0.15, 0.2) is 41.9 Å². The second-order valence-electron chi connectivity index (χ2n) is 3.11. The minimum absolute atomic E-state index is 0.0282. The van der Waals surface area contributed by atoms with E-state index in [-0.39, 0.29) is 17.5 Å². The lowest BCUT2D eigenvalue weighted by molar-refractivity contribution is -0.384. The molecule has 6 nitrogen and oxygen atoms in total. The zero-order chi connectivity index (χ0) is 14.1. The Balaban J connectivity index is 0.000000191. The van der Waals surface area contributed by atoms with Crippen LogP contribution in [0.4, 0.5) is 10.8 Å². The fraction of sp³-hybridized carbons (Fsp3) is 0.0909. The number of anilines is 1. The van der Waals surface area contributed by atoms with Gasteiger partial charge < -0.3 is 5.32 Å². The van der Waals surface area contributed by atoms with Gasteiger partial charge in [0.1, 0.15) is 5.88 Å². The van der Waals surface area contributed by atoms with Gasteiger partial charge in [0, 0.05) is 23.7 Å². The van der Waals surface area contributed by atoms with E-state index >= 15 is 0 Å². The molecule has 1 aromatic carbocycles. The smallest absolute Gasteiger partial charge is 0.269 e. The first kappa shape index (κ1) is 15.1. The van der Waals surface area contributed by atoms with Crippen LogP contribution in [0.1, 0.15) is 0 Å².